The summed E-state index contributed by atoms with van der Waals surface area (Å²) in [5.74, 6) is 0. The lowest BCUT2D eigenvalue weighted by Gasteiger charge is -2.28. The summed E-state index contributed by atoms with van der Waals surface area (Å²) in [5, 5.41) is 0. The smallest absolute Gasteiger partial charge is 0.0769 e. The molecule has 0 unspecified atom stereocenters. The van der Waals surface area contributed by atoms with E-state index in [0.29, 0.717) is 5.41 Å². The van der Waals surface area contributed by atoms with E-state index in [-0.39, 0.29) is 0 Å². The summed E-state index contributed by atoms with van der Waals surface area (Å²) in [5.41, 5.74) is 0.626. The van der Waals surface area contributed by atoms with E-state index in [1.807, 2.05) is 13.8 Å². The van der Waals surface area contributed by atoms with Gasteiger partial charge in [0.2, 0.25) is 0 Å². The Kier molecular flexibility index (Phi) is 6.40. The number of likely N-dealkylation sites (tertiary alicyclic amines) is 1. The SMILES string of the molecule is CC.C[NH+]1CCCC(C)(C)CCC1. The number of hydrogen-bond acceptors (Lipinski definition) is 0. The number of nitrogens with one attached hydrogen (secondary N) is 1. The van der Waals surface area contributed by atoms with E-state index in [4.69, 9.17) is 0 Å². The summed E-state index contributed by atoms with van der Waals surface area (Å²) in [4.78, 5) is 1.72. The van der Waals surface area contributed by atoms with Crippen LogP contribution in [0.5, 0.6) is 0 Å². The molecule has 1 nitrogen and oxygen atoms in total. The van der Waals surface area contributed by atoms with Gasteiger partial charge in [0.25, 0.3) is 0 Å². The van der Waals surface area contributed by atoms with Crippen molar-refractivity contribution in [1.82, 2.24) is 0 Å². The summed E-state index contributed by atoms with van der Waals surface area (Å²) in [6, 6.07) is 0. The quantitative estimate of drug-likeness (QED) is 0.591. The average Bonchev–Trinajstić information content (AvgIpc) is 2.05. The Labute approximate surface area is 84.5 Å². The van der Waals surface area contributed by atoms with E-state index in [1.165, 1.54) is 38.8 Å². The van der Waals surface area contributed by atoms with Crippen molar-refractivity contribution in [2.24, 2.45) is 5.41 Å². The van der Waals surface area contributed by atoms with Crippen LogP contribution in [-0.4, -0.2) is 20.1 Å². The highest BCUT2D eigenvalue weighted by Crippen LogP contribution is 2.27. The molecule has 1 heteroatoms. The van der Waals surface area contributed by atoms with Crippen LogP contribution in [0, 0.1) is 5.41 Å². The molecule has 0 aromatic carbocycles. The van der Waals surface area contributed by atoms with Crippen LogP contribution in [0.4, 0.5) is 0 Å². The lowest BCUT2D eigenvalue weighted by atomic mass is 9.82. The Bertz CT molecular complexity index is 106. The first-order valence-corrected chi connectivity index (χ1v) is 5.91. The molecule has 0 atom stereocenters. The van der Waals surface area contributed by atoms with Gasteiger partial charge in [-0.05, 0) is 31.1 Å². The zero-order valence-corrected chi connectivity index (χ0v) is 10.2. The largest absolute Gasteiger partial charge is 0.337 e. The lowest BCUT2D eigenvalue weighted by Crippen LogP contribution is -3.09. The van der Waals surface area contributed by atoms with Crippen molar-refractivity contribution < 1.29 is 4.90 Å². The molecule has 1 saturated heterocycles. The average molecular weight is 186 g/mol. The monoisotopic (exact) mass is 186 g/mol. The van der Waals surface area contributed by atoms with Crippen molar-refractivity contribution >= 4 is 0 Å². The van der Waals surface area contributed by atoms with Gasteiger partial charge < -0.3 is 4.90 Å². The summed E-state index contributed by atoms with van der Waals surface area (Å²) in [6.45, 7) is 11.6. The molecule has 0 aromatic rings. The van der Waals surface area contributed by atoms with Crippen LogP contribution >= 0.6 is 0 Å². The first-order valence-electron chi connectivity index (χ1n) is 5.91. The molecular formula is C12H28N+. The molecule has 1 N–H and O–H groups in total. The molecule has 13 heavy (non-hydrogen) atoms. The Morgan fingerprint density at radius 2 is 1.31 bits per heavy atom. The van der Waals surface area contributed by atoms with E-state index in [0.717, 1.165) is 0 Å². The van der Waals surface area contributed by atoms with E-state index in [9.17, 15) is 0 Å². The third-order valence-corrected chi connectivity index (χ3v) is 2.91. The molecule has 0 spiro atoms. The summed E-state index contributed by atoms with van der Waals surface area (Å²) >= 11 is 0. The molecule has 0 aromatic heterocycles. The van der Waals surface area contributed by atoms with Crippen molar-refractivity contribution in [2.75, 3.05) is 20.1 Å². The molecule has 0 amide bonds. The maximum absolute atomic E-state index is 2.41. The van der Waals surface area contributed by atoms with Gasteiger partial charge in [0.05, 0.1) is 20.1 Å². The summed E-state index contributed by atoms with van der Waals surface area (Å²) in [7, 11) is 2.32. The van der Waals surface area contributed by atoms with Crippen LogP contribution in [-0.2, 0) is 0 Å². The highest BCUT2D eigenvalue weighted by Gasteiger charge is 2.20. The van der Waals surface area contributed by atoms with Gasteiger partial charge in [-0.1, -0.05) is 27.7 Å². The Morgan fingerprint density at radius 1 is 0.923 bits per heavy atom. The first-order chi connectivity index (χ1) is 6.10. The molecule has 0 radical (unpaired) electrons. The molecule has 0 aliphatic carbocycles. The normalized spacial score (nSPS) is 23.8. The van der Waals surface area contributed by atoms with Gasteiger partial charge in [-0.15, -0.1) is 0 Å². The predicted octanol–water partition coefficient (Wildman–Crippen LogP) is 2.13. The van der Waals surface area contributed by atoms with Crippen LogP contribution in [0.2, 0.25) is 0 Å². The highest BCUT2D eigenvalue weighted by molar-refractivity contribution is 4.69. The van der Waals surface area contributed by atoms with Gasteiger partial charge in [0, 0.05) is 0 Å². The Hall–Kier alpha value is -0.0400. The van der Waals surface area contributed by atoms with Crippen molar-refractivity contribution in [2.45, 2.75) is 53.4 Å². The van der Waals surface area contributed by atoms with E-state index in [1.54, 1.807) is 4.90 Å². The second kappa shape index (κ2) is 6.42. The number of quaternary nitrogens is 1. The lowest BCUT2D eigenvalue weighted by molar-refractivity contribution is -0.880. The minimum atomic E-state index is 0.626. The molecule has 1 fully saturated rings. The van der Waals surface area contributed by atoms with Crippen molar-refractivity contribution in [3.8, 4) is 0 Å². The van der Waals surface area contributed by atoms with Crippen LogP contribution in [0.3, 0.4) is 0 Å². The fourth-order valence-corrected chi connectivity index (χ4v) is 1.99. The highest BCUT2D eigenvalue weighted by atomic mass is 15.1. The van der Waals surface area contributed by atoms with Crippen LogP contribution in [0.1, 0.15) is 53.4 Å². The second-order valence-electron chi connectivity index (χ2n) is 4.83. The fourth-order valence-electron chi connectivity index (χ4n) is 1.99. The topological polar surface area (TPSA) is 4.44 Å². The van der Waals surface area contributed by atoms with Gasteiger partial charge in [-0.3, -0.25) is 0 Å². The fraction of sp³-hybridized carbons (Fsp3) is 1.00. The maximum Gasteiger partial charge on any atom is 0.0769 e. The van der Waals surface area contributed by atoms with Gasteiger partial charge in [-0.2, -0.15) is 0 Å². The molecule has 1 rings (SSSR count). The molecular weight excluding hydrogens is 158 g/mol. The van der Waals surface area contributed by atoms with E-state index < -0.39 is 0 Å². The Morgan fingerprint density at radius 3 is 1.69 bits per heavy atom. The molecule has 0 saturated carbocycles. The third kappa shape index (κ3) is 6.09. The first kappa shape index (κ1) is 13.0. The molecule has 0 bridgehead atoms. The summed E-state index contributed by atoms with van der Waals surface area (Å²) < 4.78 is 0. The minimum Gasteiger partial charge on any atom is -0.337 e. The molecule has 80 valence electrons. The minimum absolute atomic E-state index is 0.626. The third-order valence-electron chi connectivity index (χ3n) is 2.91. The molecule has 1 aliphatic rings. The van der Waals surface area contributed by atoms with E-state index >= 15 is 0 Å². The van der Waals surface area contributed by atoms with E-state index in [2.05, 4.69) is 20.9 Å². The van der Waals surface area contributed by atoms with Gasteiger partial charge in [0.15, 0.2) is 0 Å². The van der Waals surface area contributed by atoms with Gasteiger partial charge >= 0.3 is 0 Å². The molecule has 1 heterocycles. The van der Waals surface area contributed by atoms with Gasteiger partial charge in [-0.25, -0.2) is 0 Å². The number of rotatable bonds is 0. The van der Waals surface area contributed by atoms with Crippen molar-refractivity contribution in [3.05, 3.63) is 0 Å². The Balaban J connectivity index is 0.000000671. The van der Waals surface area contributed by atoms with Gasteiger partial charge in [0.1, 0.15) is 0 Å². The second-order valence-corrected chi connectivity index (χ2v) is 4.83. The molecule has 1 aliphatic heterocycles. The van der Waals surface area contributed by atoms with Crippen LogP contribution < -0.4 is 4.90 Å². The van der Waals surface area contributed by atoms with Crippen LogP contribution in [0.25, 0.3) is 0 Å². The maximum atomic E-state index is 2.41. The zero-order valence-electron chi connectivity index (χ0n) is 10.2. The van der Waals surface area contributed by atoms with Crippen molar-refractivity contribution in [1.29, 1.82) is 0 Å². The number of hydrogen-bond donors (Lipinski definition) is 1. The zero-order chi connectivity index (χ0) is 10.3. The standard InChI is InChI=1S/C10H21N.C2H6/c1-10(2)6-4-8-11(3)9-5-7-10;1-2/h4-9H2,1-3H3;1-2H3/p+1. The summed E-state index contributed by atoms with van der Waals surface area (Å²) in [6.07, 6.45) is 5.67. The predicted molar refractivity (Wildman–Crippen MR) is 60.2 cm³/mol. The van der Waals surface area contributed by atoms with Crippen molar-refractivity contribution in [3.63, 3.8) is 0 Å². The van der Waals surface area contributed by atoms with Crippen LogP contribution in [0.15, 0.2) is 0 Å².